The van der Waals surface area contributed by atoms with E-state index in [1.807, 2.05) is 0 Å². The van der Waals surface area contributed by atoms with Crippen molar-refractivity contribution in [1.29, 1.82) is 0 Å². The second-order valence-corrected chi connectivity index (χ2v) is 5.45. The number of hydrogen-bond donors (Lipinski definition) is 3. The number of nitrogens with one attached hydrogen (secondary N) is 2. The Morgan fingerprint density at radius 3 is 2.20 bits per heavy atom. The highest BCUT2D eigenvalue weighted by atomic mass is 16.3. The summed E-state index contributed by atoms with van der Waals surface area (Å²) in [5, 5.41) is 15.8. The molecule has 0 spiro atoms. The third-order valence-corrected chi connectivity index (χ3v) is 3.80. The number of hydrogen-bond acceptors (Lipinski definition) is 2. The van der Waals surface area contributed by atoms with Crippen molar-refractivity contribution in [2.24, 2.45) is 16.8 Å². The van der Waals surface area contributed by atoms with Gasteiger partial charge in [0.25, 0.3) is 0 Å². The highest BCUT2D eigenvalue weighted by molar-refractivity contribution is 5.79. The van der Waals surface area contributed by atoms with Crippen LogP contribution in [-0.4, -0.2) is 37.3 Å². The molecule has 0 fully saturated rings. The summed E-state index contributed by atoms with van der Waals surface area (Å²) in [6.07, 6.45) is 5.54. The Morgan fingerprint density at radius 1 is 1.00 bits per heavy atom. The molecule has 0 rings (SSSR count). The maximum Gasteiger partial charge on any atom is 0.191 e. The van der Waals surface area contributed by atoms with Crippen LogP contribution in [0.2, 0.25) is 0 Å². The topological polar surface area (TPSA) is 56.7 Å². The summed E-state index contributed by atoms with van der Waals surface area (Å²) in [7, 11) is 0. The molecule has 0 saturated heterocycles. The van der Waals surface area contributed by atoms with E-state index in [2.05, 4.69) is 43.3 Å². The van der Waals surface area contributed by atoms with E-state index in [-0.39, 0.29) is 6.61 Å². The van der Waals surface area contributed by atoms with Crippen molar-refractivity contribution >= 4 is 5.96 Å². The van der Waals surface area contributed by atoms with Crippen molar-refractivity contribution in [2.75, 3.05) is 26.2 Å². The maximum atomic E-state index is 9.09. The number of aliphatic hydroxyl groups excluding tert-OH is 1. The second-order valence-electron chi connectivity index (χ2n) is 5.45. The molecule has 0 saturated carbocycles. The lowest BCUT2D eigenvalue weighted by Gasteiger charge is -2.18. The zero-order chi connectivity index (χ0) is 15.2. The fourth-order valence-electron chi connectivity index (χ4n) is 2.30. The fraction of sp³-hybridized carbons (Fsp3) is 0.938. The summed E-state index contributed by atoms with van der Waals surface area (Å²) in [5.74, 6) is 2.12. The third kappa shape index (κ3) is 9.18. The van der Waals surface area contributed by atoms with E-state index in [4.69, 9.17) is 5.11 Å². The van der Waals surface area contributed by atoms with Crippen molar-refractivity contribution in [3.63, 3.8) is 0 Å². The van der Waals surface area contributed by atoms with Crippen LogP contribution >= 0.6 is 0 Å². The first-order valence-corrected chi connectivity index (χ1v) is 8.34. The first-order chi connectivity index (χ1) is 9.71. The molecule has 0 aromatic rings. The monoisotopic (exact) mass is 285 g/mol. The van der Waals surface area contributed by atoms with Gasteiger partial charge < -0.3 is 15.7 Å². The molecule has 0 aliphatic heterocycles. The average Bonchev–Trinajstić information content (AvgIpc) is 2.45. The summed E-state index contributed by atoms with van der Waals surface area (Å²) in [6.45, 7) is 11.7. The quantitative estimate of drug-likeness (QED) is 0.404. The van der Waals surface area contributed by atoms with Crippen molar-refractivity contribution in [2.45, 2.75) is 59.8 Å². The summed E-state index contributed by atoms with van der Waals surface area (Å²) in [4.78, 5) is 4.67. The van der Waals surface area contributed by atoms with Gasteiger partial charge in [0.1, 0.15) is 0 Å². The smallest absolute Gasteiger partial charge is 0.191 e. The lowest BCUT2D eigenvalue weighted by molar-refractivity contribution is 0.253. The van der Waals surface area contributed by atoms with Gasteiger partial charge >= 0.3 is 0 Å². The van der Waals surface area contributed by atoms with Crippen molar-refractivity contribution in [3.8, 4) is 0 Å². The number of aliphatic imine (C=N–C) groups is 1. The van der Waals surface area contributed by atoms with Crippen LogP contribution in [0.1, 0.15) is 59.8 Å². The van der Waals surface area contributed by atoms with E-state index < -0.39 is 0 Å². The standard InChI is InChI=1S/C16H35N3O/c1-5-9-15(10-11-20)13-19-16(17-8-4)18-12-14(6-2)7-3/h14-15,20H,5-13H2,1-4H3,(H2,17,18,19). The van der Waals surface area contributed by atoms with Crippen LogP contribution in [0.25, 0.3) is 0 Å². The van der Waals surface area contributed by atoms with E-state index in [0.29, 0.717) is 11.8 Å². The molecular formula is C16H35N3O. The average molecular weight is 285 g/mol. The van der Waals surface area contributed by atoms with Gasteiger partial charge in [0, 0.05) is 26.2 Å². The Hall–Kier alpha value is -0.770. The highest BCUT2D eigenvalue weighted by Gasteiger charge is 2.08. The normalized spacial score (nSPS) is 13.6. The van der Waals surface area contributed by atoms with Gasteiger partial charge in [-0.1, -0.05) is 40.0 Å². The van der Waals surface area contributed by atoms with E-state index in [0.717, 1.165) is 44.9 Å². The number of aliphatic hydroxyl groups is 1. The van der Waals surface area contributed by atoms with Gasteiger partial charge in [0.15, 0.2) is 5.96 Å². The van der Waals surface area contributed by atoms with Crippen LogP contribution < -0.4 is 10.6 Å². The van der Waals surface area contributed by atoms with E-state index in [1.165, 1.54) is 12.8 Å². The minimum Gasteiger partial charge on any atom is -0.396 e. The van der Waals surface area contributed by atoms with Crippen LogP contribution in [0, 0.1) is 11.8 Å². The van der Waals surface area contributed by atoms with Gasteiger partial charge in [0.2, 0.25) is 0 Å². The molecule has 0 bridgehead atoms. The van der Waals surface area contributed by atoms with Gasteiger partial charge in [-0.25, -0.2) is 0 Å². The predicted molar refractivity (Wildman–Crippen MR) is 88.2 cm³/mol. The van der Waals surface area contributed by atoms with E-state index >= 15 is 0 Å². The zero-order valence-corrected chi connectivity index (χ0v) is 13.9. The van der Waals surface area contributed by atoms with Crippen molar-refractivity contribution in [1.82, 2.24) is 10.6 Å². The predicted octanol–water partition coefficient (Wildman–Crippen LogP) is 2.78. The maximum absolute atomic E-state index is 9.09. The molecule has 0 aliphatic carbocycles. The van der Waals surface area contributed by atoms with Crippen LogP contribution in [-0.2, 0) is 0 Å². The second kappa shape index (κ2) is 13.2. The van der Waals surface area contributed by atoms with Gasteiger partial charge in [0.05, 0.1) is 0 Å². The lowest BCUT2D eigenvalue weighted by Crippen LogP contribution is -2.40. The Balaban J connectivity index is 4.35. The van der Waals surface area contributed by atoms with E-state index in [9.17, 15) is 0 Å². The molecule has 3 N–H and O–H groups in total. The summed E-state index contributed by atoms with van der Waals surface area (Å²) in [6, 6.07) is 0. The molecule has 20 heavy (non-hydrogen) atoms. The van der Waals surface area contributed by atoms with Gasteiger partial charge in [-0.2, -0.15) is 0 Å². The summed E-state index contributed by atoms with van der Waals surface area (Å²) in [5.41, 5.74) is 0. The molecule has 0 radical (unpaired) electrons. The van der Waals surface area contributed by atoms with Crippen molar-refractivity contribution in [3.05, 3.63) is 0 Å². The van der Waals surface area contributed by atoms with Crippen LogP contribution in [0.4, 0.5) is 0 Å². The Kier molecular flexibility index (Phi) is 12.7. The molecule has 120 valence electrons. The van der Waals surface area contributed by atoms with Gasteiger partial charge in [-0.15, -0.1) is 0 Å². The van der Waals surface area contributed by atoms with Gasteiger partial charge in [-0.3, -0.25) is 4.99 Å². The number of guanidine groups is 1. The van der Waals surface area contributed by atoms with E-state index in [1.54, 1.807) is 0 Å². The molecular weight excluding hydrogens is 250 g/mol. The first-order valence-electron chi connectivity index (χ1n) is 8.34. The lowest BCUT2D eigenvalue weighted by atomic mass is 10.0. The highest BCUT2D eigenvalue weighted by Crippen LogP contribution is 2.11. The largest absolute Gasteiger partial charge is 0.396 e. The Bertz CT molecular complexity index is 234. The number of nitrogens with zero attached hydrogens (tertiary/aromatic N) is 1. The summed E-state index contributed by atoms with van der Waals surface area (Å²) >= 11 is 0. The minimum absolute atomic E-state index is 0.262. The summed E-state index contributed by atoms with van der Waals surface area (Å²) < 4.78 is 0. The molecule has 0 amide bonds. The van der Waals surface area contributed by atoms with Crippen molar-refractivity contribution < 1.29 is 5.11 Å². The van der Waals surface area contributed by atoms with Crippen LogP contribution in [0.15, 0.2) is 4.99 Å². The minimum atomic E-state index is 0.262. The molecule has 4 nitrogen and oxygen atoms in total. The molecule has 1 unspecified atom stereocenters. The molecule has 0 aromatic heterocycles. The molecule has 0 heterocycles. The fourth-order valence-corrected chi connectivity index (χ4v) is 2.30. The zero-order valence-electron chi connectivity index (χ0n) is 13.9. The number of rotatable bonds is 11. The SMILES string of the molecule is CCCC(CCO)CN=C(NCC)NCC(CC)CC. The Labute approximate surface area is 125 Å². The van der Waals surface area contributed by atoms with Gasteiger partial charge in [-0.05, 0) is 31.6 Å². The molecule has 0 aromatic carbocycles. The third-order valence-electron chi connectivity index (χ3n) is 3.80. The Morgan fingerprint density at radius 2 is 1.70 bits per heavy atom. The molecule has 1 atom stereocenters. The molecule has 0 aliphatic rings. The molecule has 4 heteroatoms. The van der Waals surface area contributed by atoms with Crippen LogP contribution in [0.3, 0.4) is 0 Å². The first kappa shape index (κ1) is 19.2. The van der Waals surface area contributed by atoms with Crippen LogP contribution in [0.5, 0.6) is 0 Å².